The maximum Gasteiger partial charge on any atom is 0.460 e. The van der Waals surface area contributed by atoms with Crippen LogP contribution < -0.4 is 0 Å². The quantitative estimate of drug-likeness (QED) is 0.128. The van der Waals surface area contributed by atoms with Gasteiger partial charge in [-0.25, -0.2) is 0 Å². The maximum absolute atomic E-state index is 12.2. The van der Waals surface area contributed by atoms with E-state index < -0.39 is 39.4 Å². The fraction of sp³-hybridized carbons (Fsp3) is 1.00. The van der Waals surface area contributed by atoms with E-state index in [4.69, 9.17) is 18.8 Å². The zero-order chi connectivity index (χ0) is 26.8. The molecule has 0 spiro atoms. The van der Waals surface area contributed by atoms with Crippen LogP contribution in [0.15, 0.2) is 0 Å². The van der Waals surface area contributed by atoms with Gasteiger partial charge in [-0.2, -0.15) is 47.9 Å². The molecule has 16 heteroatoms. The predicted octanol–water partition coefficient (Wildman–Crippen LogP) is 6.02. The summed E-state index contributed by atoms with van der Waals surface area (Å²) in [5.41, 5.74) is 0. The van der Waals surface area contributed by atoms with Crippen molar-refractivity contribution in [3.8, 4) is 0 Å². The van der Waals surface area contributed by atoms with Crippen LogP contribution in [0.1, 0.15) is 59.3 Å². The van der Waals surface area contributed by atoms with Gasteiger partial charge in [0, 0.05) is 20.6 Å². The van der Waals surface area contributed by atoms with E-state index in [1.54, 1.807) is 7.11 Å². The topological polar surface area (TPSA) is 82.1 Å². The molecule has 1 unspecified atom stereocenters. The highest BCUT2D eigenvalue weighted by Crippen LogP contribution is 2.54. The number of halogens is 9. The molecule has 0 aliphatic heterocycles. The van der Waals surface area contributed by atoms with E-state index in [0.29, 0.717) is 13.2 Å². The van der Waals surface area contributed by atoms with E-state index in [1.165, 1.54) is 32.1 Å². The lowest BCUT2D eigenvalue weighted by molar-refractivity contribution is -0.382. The Hall–Kier alpha value is -0.840. The molecule has 0 heterocycles. The summed E-state index contributed by atoms with van der Waals surface area (Å²) in [7, 11) is -5.56. The second kappa shape index (κ2) is 13.3. The molecule has 0 aromatic heterocycles. The summed E-state index contributed by atoms with van der Waals surface area (Å²) < 4.78 is 150. The molecule has 0 aromatic rings. The summed E-state index contributed by atoms with van der Waals surface area (Å²) in [6.07, 6.45) is 0.448. The summed E-state index contributed by atoms with van der Waals surface area (Å²) in [5, 5.41) is -7.00. The van der Waals surface area contributed by atoms with Crippen molar-refractivity contribution in [3.63, 3.8) is 0 Å². The Labute approximate surface area is 186 Å². The molecule has 6 nitrogen and oxygen atoms in total. The molecule has 202 valence electrons. The van der Waals surface area contributed by atoms with Crippen molar-refractivity contribution in [3.05, 3.63) is 0 Å². The summed E-state index contributed by atoms with van der Waals surface area (Å²) in [5.74, 6) is -15.6. The molecule has 0 amide bonds. The molecule has 0 aromatic carbocycles. The van der Waals surface area contributed by atoms with Crippen molar-refractivity contribution in [2.75, 3.05) is 20.3 Å². The fourth-order valence-electron chi connectivity index (χ4n) is 2.08. The van der Waals surface area contributed by atoms with Gasteiger partial charge in [-0.05, 0) is 13.3 Å². The summed E-state index contributed by atoms with van der Waals surface area (Å²) in [6.45, 7) is 7.28. The van der Waals surface area contributed by atoms with Crippen LogP contribution in [-0.4, -0.2) is 62.5 Å². The molecule has 1 atom stereocenters. The van der Waals surface area contributed by atoms with Gasteiger partial charge >= 0.3 is 33.4 Å². The van der Waals surface area contributed by atoms with E-state index in [9.17, 15) is 47.9 Å². The number of hydrogen-bond acceptors (Lipinski definition) is 5. The Morgan fingerprint density at radius 2 is 1.21 bits per heavy atom. The van der Waals surface area contributed by atoms with Crippen molar-refractivity contribution < 1.29 is 66.7 Å². The summed E-state index contributed by atoms with van der Waals surface area (Å²) >= 11 is 0. The van der Waals surface area contributed by atoms with Crippen molar-refractivity contribution in [1.82, 2.24) is 0 Å². The maximum atomic E-state index is 12.2. The van der Waals surface area contributed by atoms with Gasteiger partial charge in [0.15, 0.2) is 0 Å². The standard InChI is InChI=1S/C13H28O3.C4HF9O3S/c1-5-7-8-9-10-11-12-16-13(3,14-4)15-6-2;5-1(6,3(9,10)11)2(7,8)4(12,13)17(14,15)16/h5-12H2,1-4H3;(H,14,15,16). The van der Waals surface area contributed by atoms with E-state index in [1.807, 2.05) is 13.8 Å². The highest BCUT2D eigenvalue weighted by atomic mass is 32.2. The number of unbranched alkanes of at least 4 members (excludes halogenated alkanes) is 5. The molecule has 0 saturated carbocycles. The molecule has 1 N–H and O–H groups in total. The van der Waals surface area contributed by atoms with Crippen molar-refractivity contribution in [2.45, 2.75) is 88.5 Å². The highest BCUT2D eigenvalue weighted by molar-refractivity contribution is 7.87. The smallest absolute Gasteiger partial charge is 0.331 e. The van der Waals surface area contributed by atoms with Crippen LogP contribution in [0.3, 0.4) is 0 Å². The predicted molar refractivity (Wildman–Crippen MR) is 98.8 cm³/mol. The van der Waals surface area contributed by atoms with Crippen LogP contribution in [0.2, 0.25) is 0 Å². The SMILES string of the molecule is CCCCCCCCOC(C)(OC)OCC.O=S(=O)(O)C(F)(F)C(F)(F)C(F)(F)C(F)(F)F. The molecule has 0 aliphatic rings. The van der Waals surface area contributed by atoms with Crippen LogP contribution >= 0.6 is 0 Å². The van der Waals surface area contributed by atoms with Crippen LogP contribution in [0.4, 0.5) is 39.5 Å². The molecular weight excluding hydrogens is 503 g/mol. The first-order valence-electron chi connectivity index (χ1n) is 9.68. The van der Waals surface area contributed by atoms with E-state index >= 15 is 0 Å². The van der Waals surface area contributed by atoms with Crippen LogP contribution in [0.25, 0.3) is 0 Å². The number of hydrogen-bond donors (Lipinski definition) is 1. The third-order valence-electron chi connectivity index (χ3n) is 4.08. The second-order valence-electron chi connectivity index (χ2n) is 6.75. The van der Waals surface area contributed by atoms with Gasteiger partial charge < -0.3 is 14.2 Å². The molecule has 0 bridgehead atoms. The van der Waals surface area contributed by atoms with Gasteiger partial charge in [0.2, 0.25) is 0 Å². The number of methoxy groups -OCH3 is 1. The third kappa shape index (κ3) is 9.74. The van der Waals surface area contributed by atoms with Gasteiger partial charge in [-0.3, -0.25) is 4.55 Å². The summed E-state index contributed by atoms with van der Waals surface area (Å²) in [6, 6.07) is 0. The van der Waals surface area contributed by atoms with E-state index in [-0.39, 0.29) is 0 Å². The first-order chi connectivity index (χ1) is 14.7. The minimum atomic E-state index is -7.37. The van der Waals surface area contributed by atoms with E-state index in [0.717, 1.165) is 6.42 Å². The Morgan fingerprint density at radius 3 is 1.58 bits per heavy atom. The second-order valence-corrected chi connectivity index (χ2v) is 8.22. The first kappa shape index (κ1) is 34.3. The molecule has 33 heavy (non-hydrogen) atoms. The zero-order valence-electron chi connectivity index (χ0n) is 18.5. The average Bonchev–Trinajstić information content (AvgIpc) is 2.66. The number of ether oxygens (including phenoxy) is 3. The zero-order valence-corrected chi connectivity index (χ0v) is 19.3. The largest absolute Gasteiger partial charge is 0.460 e. The molecule has 0 saturated heterocycles. The van der Waals surface area contributed by atoms with Gasteiger partial charge in [-0.15, -0.1) is 0 Å². The number of rotatable bonds is 14. The van der Waals surface area contributed by atoms with Gasteiger partial charge in [-0.1, -0.05) is 39.0 Å². The molecule has 0 fully saturated rings. The third-order valence-corrected chi connectivity index (χ3v) is 4.98. The number of alkyl halides is 9. The molecule has 0 rings (SSSR count). The Kier molecular flexibility index (Phi) is 13.8. The van der Waals surface area contributed by atoms with Crippen LogP contribution in [0.5, 0.6) is 0 Å². The van der Waals surface area contributed by atoms with Gasteiger partial charge in [0.05, 0.1) is 6.61 Å². The minimum absolute atomic E-state index is 0.598. The fourth-order valence-corrected chi connectivity index (χ4v) is 2.54. The van der Waals surface area contributed by atoms with Crippen molar-refractivity contribution in [2.24, 2.45) is 0 Å². The molecule has 0 radical (unpaired) electrons. The summed E-state index contributed by atoms with van der Waals surface area (Å²) in [4.78, 5) is 0. The first-order valence-corrected chi connectivity index (χ1v) is 11.1. The average molecular weight is 532 g/mol. The van der Waals surface area contributed by atoms with Crippen molar-refractivity contribution in [1.29, 1.82) is 0 Å². The van der Waals surface area contributed by atoms with Crippen LogP contribution in [-0.2, 0) is 24.3 Å². The Bertz CT molecular complexity index is 656. The highest BCUT2D eigenvalue weighted by Gasteiger charge is 2.85. The van der Waals surface area contributed by atoms with E-state index in [2.05, 4.69) is 6.92 Å². The van der Waals surface area contributed by atoms with Gasteiger partial charge in [0.1, 0.15) is 0 Å². The Balaban J connectivity index is 0. The van der Waals surface area contributed by atoms with Crippen LogP contribution in [0, 0.1) is 0 Å². The Morgan fingerprint density at radius 1 is 0.758 bits per heavy atom. The normalized spacial score (nSPS) is 15.6. The monoisotopic (exact) mass is 532 g/mol. The lowest BCUT2D eigenvalue weighted by Gasteiger charge is -2.31. The van der Waals surface area contributed by atoms with Crippen molar-refractivity contribution >= 4 is 10.1 Å². The lowest BCUT2D eigenvalue weighted by Crippen LogP contribution is -2.63. The minimum Gasteiger partial charge on any atom is -0.331 e. The molecule has 0 aliphatic carbocycles. The van der Waals surface area contributed by atoms with Gasteiger partial charge in [0.25, 0.3) is 5.97 Å². The molecular formula is C17H29F9O6S. The lowest BCUT2D eigenvalue weighted by atomic mass is 10.1.